The molecule has 10 nitrogen and oxygen atoms in total. The molecule has 1 aliphatic carbocycles. The number of phenols is 1. The van der Waals surface area contributed by atoms with E-state index >= 15 is 0 Å². The molecule has 4 rings (SSSR count). The number of nitrogens with one attached hydrogen (secondary N) is 3. The van der Waals surface area contributed by atoms with Gasteiger partial charge in [-0.1, -0.05) is 18.2 Å². The van der Waals surface area contributed by atoms with Crippen molar-refractivity contribution in [3.63, 3.8) is 0 Å². The highest BCUT2D eigenvalue weighted by atomic mass is 32.1. The first kappa shape index (κ1) is 26.1. The van der Waals surface area contributed by atoms with Crippen LogP contribution in [-0.2, 0) is 22.4 Å². The van der Waals surface area contributed by atoms with Crippen molar-refractivity contribution < 1.29 is 24.2 Å². The molecule has 0 bridgehead atoms. The second kappa shape index (κ2) is 11.4. The Labute approximate surface area is 218 Å². The number of aromatic hydroxyl groups is 1. The van der Waals surface area contributed by atoms with Crippen molar-refractivity contribution in [3.05, 3.63) is 68.7 Å². The van der Waals surface area contributed by atoms with Crippen molar-refractivity contribution in [1.82, 2.24) is 20.6 Å². The molecular formula is C26H29N5O5S. The second-order valence-electron chi connectivity index (χ2n) is 8.83. The van der Waals surface area contributed by atoms with Crippen LogP contribution in [0.2, 0.25) is 0 Å². The number of phenolic OH excluding ortho intramolecular Hbond substituents is 1. The Morgan fingerprint density at radius 1 is 1.14 bits per heavy atom. The smallest absolute Gasteiger partial charge is 0.330 e. The lowest BCUT2D eigenvalue weighted by Gasteiger charge is -2.26. The minimum atomic E-state index is -1.09. The van der Waals surface area contributed by atoms with Crippen LogP contribution in [0.25, 0.3) is 0 Å². The zero-order valence-corrected chi connectivity index (χ0v) is 21.6. The maximum atomic E-state index is 13.1. The summed E-state index contributed by atoms with van der Waals surface area (Å²) in [6, 6.07) is 7.93. The van der Waals surface area contributed by atoms with Crippen LogP contribution in [0.3, 0.4) is 0 Å². The van der Waals surface area contributed by atoms with Crippen LogP contribution in [0.15, 0.2) is 35.7 Å². The number of amides is 2. The van der Waals surface area contributed by atoms with E-state index < -0.39 is 17.9 Å². The Bertz CT molecular complexity index is 1290. The lowest BCUT2D eigenvalue weighted by Crippen LogP contribution is -2.49. The average Bonchev–Trinajstić information content (AvgIpc) is 3.41. The summed E-state index contributed by atoms with van der Waals surface area (Å²) in [7, 11) is 1.21. The molecule has 2 heterocycles. The average molecular weight is 524 g/mol. The van der Waals surface area contributed by atoms with Gasteiger partial charge in [-0.25, -0.2) is 14.8 Å². The van der Waals surface area contributed by atoms with Gasteiger partial charge in [-0.2, -0.15) is 0 Å². The van der Waals surface area contributed by atoms with Crippen LogP contribution >= 0.6 is 11.3 Å². The molecule has 2 unspecified atom stereocenters. The SMILES string of the molecule is COC(=O)C(CNC(=O)c1cccs1)NC(=O)c1c(C)nc(NC2CCc3cccc(O)c3C2)nc1C. The van der Waals surface area contributed by atoms with Gasteiger partial charge < -0.3 is 25.8 Å². The molecule has 0 fully saturated rings. The summed E-state index contributed by atoms with van der Waals surface area (Å²) in [6.07, 6.45) is 2.33. The molecule has 3 aromatic rings. The van der Waals surface area contributed by atoms with Gasteiger partial charge in [0.15, 0.2) is 0 Å². The molecule has 1 aliphatic rings. The van der Waals surface area contributed by atoms with E-state index in [1.807, 2.05) is 12.1 Å². The van der Waals surface area contributed by atoms with E-state index in [1.165, 1.54) is 18.4 Å². The zero-order valence-electron chi connectivity index (χ0n) is 20.8. The number of hydrogen-bond donors (Lipinski definition) is 4. The van der Waals surface area contributed by atoms with Crippen LogP contribution in [0.4, 0.5) is 5.95 Å². The minimum absolute atomic E-state index is 0.0370. The topological polar surface area (TPSA) is 143 Å². The van der Waals surface area contributed by atoms with Gasteiger partial charge in [-0.3, -0.25) is 9.59 Å². The van der Waals surface area contributed by atoms with Crippen molar-refractivity contribution in [1.29, 1.82) is 0 Å². The Morgan fingerprint density at radius 3 is 2.57 bits per heavy atom. The summed E-state index contributed by atoms with van der Waals surface area (Å²) in [5.74, 6) is -0.892. The molecule has 4 N–H and O–H groups in total. The number of aryl methyl sites for hydroxylation is 3. The number of thiophene rings is 1. The number of methoxy groups -OCH3 is 1. The minimum Gasteiger partial charge on any atom is -0.508 e. The van der Waals surface area contributed by atoms with Crippen molar-refractivity contribution in [2.75, 3.05) is 19.0 Å². The number of ether oxygens (including phenoxy) is 1. The van der Waals surface area contributed by atoms with Crippen LogP contribution in [0.1, 0.15) is 49.0 Å². The van der Waals surface area contributed by atoms with Gasteiger partial charge >= 0.3 is 5.97 Å². The maximum Gasteiger partial charge on any atom is 0.330 e. The quantitative estimate of drug-likeness (QED) is 0.330. The fourth-order valence-electron chi connectivity index (χ4n) is 4.44. The highest BCUT2D eigenvalue weighted by Crippen LogP contribution is 2.29. The van der Waals surface area contributed by atoms with Crippen molar-refractivity contribution >= 4 is 35.1 Å². The van der Waals surface area contributed by atoms with Crippen LogP contribution in [-0.4, -0.2) is 58.6 Å². The number of fused-ring (bicyclic) bond motifs is 1. The molecule has 2 atom stereocenters. The first-order chi connectivity index (χ1) is 17.8. The number of esters is 1. The van der Waals surface area contributed by atoms with Gasteiger partial charge in [0.25, 0.3) is 11.8 Å². The summed E-state index contributed by atoms with van der Waals surface area (Å²) in [5.41, 5.74) is 3.20. The number of anilines is 1. The van der Waals surface area contributed by atoms with E-state index in [0.717, 1.165) is 24.0 Å². The zero-order chi connectivity index (χ0) is 26.5. The number of carbonyl (C=O) groups is 3. The number of aromatic nitrogens is 2. The van der Waals surface area contributed by atoms with Crippen LogP contribution in [0, 0.1) is 13.8 Å². The molecule has 0 saturated heterocycles. The first-order valence-electron chi connectivity index (χ1n) is 11.9. The van der Waals surface area contributed by atoms with Crippen molar-refractivity contribution in [2.24, 2.45) is 0 Å². The second-order valence-corrected chi connectivity index (χ2v) is 9.78. The standard InChI is InChI=1S/C26H29N5O5S/c1-14-22(24(34)31-19(25(35)36-3)13-27-23(33)21-8-5-11-37-21)15(2)29-26(28-14)30-17-10-9-16-6-4-7-20(32)18(16)12-17/h4-8,11,17,19,32H,9-10,12-13H2,1-3H3,(H,27,33)(H,31,34)(H,28,29,30). The predicted molar refractivity (Wildman–Crippen MR) is 139 cm³/mol. The number of hydrogen-bond acceptors (Lipinski definition) is 9. The lowest BCUT2D eigenvalue weighted by atomic mass is 9.88. The Morgan fingerprint density at radius 2 is 1.89 bits per heavy atom. The van der Waals surface area contributed by atoms with E-state index in [1.54, 1.807) is 37.4 Å². The Kier molecular flexibility index (Phi) is 8.02. The van der Waals surface area contributed by atoms with Gasteiger partial charge in [0.1, 0.15) is 11.8 Å². The summed E-state index contributed by atoms with van der Waals surface area (Å²) in [6.45, 7) is 3.26. The number of rotatable bonds is 8. The molecule has 0 aliphatic heterocycles. The van der Waals surface area contributed by atoms with E-state index in [2.05, 4.69) is 25.9 Å². The van der Waals surface area contributed by atoms with E-state index in [4.69, 9.17) is 4.74 Å². The third-order valence-electron chi connectivity index (χ3n) is 6.29. The van der Waals surface area contributed by atoms with Gasteiger partial charge in [0.2, 0.25) is 5.95 Å². The molecule has 2 amide bonds. The molecule has 37 heavy (non-hydrogen) atoms. The molecule has 0 radical (unpaired) electrons. The van der Waals surface area contributed by atoms with Gasteiger partial charge in [-0.15, -0.1) is 11.3 Å². The normalized spacial score (nSPS) is 15.3. The first-order valence-corrected chi connectivity index (χ1v) is 12.8. The summed E-state index contributed by atoms with van der Waals surface area (Å²) in [4.78, 5) is 47.1. The van der Waals surface area contributed by atoms with E-state index in [-0.39, 0.29) is 29.8 Å². The van der Waals surface area contributed by atoms with E-state index in [9.17, 15) is 19.5 Å². The number of benzene rings is 1. The summed E-state index contributed by atoms with van der Waals surface area (Å²) in [5, 5.41) is 20.6. The molecule has 194 valence electrons. The fraction of sp³-hybridized carbons (Fsp3) is 0.346. The van der Waals surface area contributed by atoms with Gasteiger partial charge in [0, 0.05) is 12.6 Å². The maximum absolute atomic E-state index is 13.1. The molecule has 0 saturated carbocycles. The van der Waals surface area contributed by atoms with E-state index in [0.29, 0.717) is 28.6 Å². The number of nitrogens with zero attached hydrogens (tertiary/aromatic N) is 2. The molecule has 2 aromatic heterocycles. The third-order valence-corrected chi connectivity index (χ3v) is 7.16. The van der Waals surface area contributed by atoms with Gasteiger partial charge in [0.05, 0.1) is 28.9 Å². The Hall–Kier alpha value is -3.99. The molecular weight excluding hydrogens is 494 g/mol. The molecule has 0 spiro atoms. The summed E-state index contributed by atoms with van der Waals surface area (Å²) < 4.78 is 4.81. The Balaban J connectivity index is 1.43. The lowest BCUT2D eigenvalue weighted by molar-refractivity contribution is -0.142. The molecule has 11 heteroatoms. The van der Waals surface area contributed by atoms with Crippen molar-refractivity contribution in [3.8, 4) is 5.75 Å². The van der Waals surface area contributed by atoms with Crippen LogP contribution < -0.4 is 16.0 Å². The van der Waals surface area contributed by atoms with Crippen LogP contribution in [0.5, 0.6) is 5.75 Å². The largest absolute Gasteiger partial charge is 0.508 e. The summed E-state index contributed by atoms with van der Waals surface area (Å²) >= 11 is 1.27. The fourth-order valence-corrected chi connectivity index (χ4v) is 5.08. The third kappa shape index (κ3) is 6.05. The monoisotopic (exact) mass is 523 g/mol. The molecule has 1 aromatic carbocycles. The highest BCUT2D eigenvalue weighted by Gasteiger charge is 2.27. The van der Waals surface area contributed by atoms with Crippen molar-refractivity contribution in [2.45, 2.75) is 45.2 Å². The predicted octanol–water partition coefficient (Wildman–Crippen LogP) is 2.53. The highest BCUT2D eigenvalue weighted by molar-refractivity contribution is 7.12. The van der Waals surface area contributed by atoms with Gasteiger partial charge in [-0.05, 0) is 61.7 Å². The number of carbonyl (C=O) groups excluding carboxylic acids is 3.